The van der Waals surface area contributed by atoms with Gasteiger partial charge < -0.3 is 29.7 Å². The van der Waals surface area contributed by atoms with Crippen molar-refractivity contribution >= 4 is 22.6 Å². The second-order valence-electron chi connectivity index (χ2n) is 8.06. The summed E-state index contributed by atoms with van der Waals surface area (Å²) in [5.74, 6) is 0.899. The molecule has 0 amide bonds. The van der Waals surface area contributed by atoms with Crippen LogP contribution in [-0.2, 0) is 29.1 Å². The van der Waals surface area contributed by atoms with Gasteiger partial charge in [-0.25, -0.2) is 0 Å². The molecule has 0 aliphatic rings. The van der Waals surface area contributed by atoms with E-state index in [9.17, 15) is 4.79 Å². The van der Waals surface area contributed by atoms with Crippen LogP contribution in [0.5, 0.6) is 11.5 Å². The third-order valence-electron chi connectivity index (χ3n) is 5.82. The van der Waals surface area contributed by atoms with Crippen molar-refractivity contribution in [3.8, 4) is 22.6 Å². The van der Waals surface area contributed by atoms with Gasteiger partial charge in [0, 0.05) is 36.2 Å². The molecule has 0 aliphatic carbocycles. The Balaban J connectivity index is 1.67. The third-order valence-corrected chi connectivity index (χ3v) is 5.82. The molecule has 35 heavy (non-hydrogen) atoms. The molecule has 182 valence electrons. The van der Waals surface area contributed by atoms with E-state index in [4.69, 9.17) is 24.4 Å². The molecule has 7 heteroatoms. The zero-order valence-electron chi connectivity index (χ0n) is 20.2. The molecule has 0 saturated heterocycles. The molecule has 0 aliphatic heterocycles. The van der Waals surface area contributed by atoms with Gasteiger partial charge in [-0.2, -0.15) is 0 Å². The van der Waals surface area contributed by atoms with Gasteiger partial charge in [-0.3, -0.25) is 4.79 Å². The van der Waals surface area contributed by atoms with Crippen LogP contribution in [0.1, 0.15) is 23.6 Å². The lowest BCUT2D eigenvalue weighted by atomic mass is 10.00. The van der Waals surface area contributed by atoms with Crippen LogP contribution in [0.4, 0.5) is 5.69 Å². The zero-order valence-corrected chi connectivity index (χ0v) is 20.2. The van der Waals surface area contributed by atoms with Gasteiger partial charge in [0.25, 0.3) is 0 Å². The Bertz CT molecular complexity index is 1330. The highest BCUT2D eigenvalue weighted by Gasteiger charge is 2.16. The van der Waals surface area contributed by atoms with Gasteiger partial charge >= 0.3 is 5.97 Å². The fourth-order valence-electron chi connectivity index (χ4n) is 4.00. The minimum Gasteiger partial charge on any atom is -0.497 e. The van der Waals surface area contributed by atoms with Crippen LogP contribution in [0.2, 0.25) is 0 Å². The van der Waals surface area contributed by atoms with Crippen LogP contribution < -0.4 is 20.5 Å². The van der Waals surface area contributed by atoms with Gasteiger partial charge in [0.15, 0.2) is 5.58 Å². The third kappa shape index (κ3) is 5.41. The molecule has 3 N–H and O–H groups in total. The average Bonchev–Trinajstić information content (AvgIpc) is 3.30. The van der Waals surface area contributed by atoms with Crippen molar-refractivity contribution in [3.63, 3.8) is 0 Å². The van der Waals surface area contributed by atoms with Crippen molar-refractivity contribution in [2.45, 2.75) is 26.5 Å². The molecule has 0 atom stereocenters. The van der Waals surface area contributed by atoms with Gasteiger partial charge in [0.1, 0.15) is 18.1 Å². The van der Waals surface area contributed by atoms with Gasteiger partial charge in [0.2, 0.25) is 0 Å². The van der Waals surface area contributed by atoms with Gasteiger partial charge in [-0.05, 0) is 47.9 Å². The summed E-state index contributed by atoms with van der Waals surface area (Å²) in [5, 5.41) is 4.17. The number of rotatable bonds is 10. The molecule has 0 spiro atoms. The SMILES string of the molecule is CCOC(=O)Cc1ccc(OC)cc1OCc1coc2c(NC)cc(-c3cccc(CN)c3)cc12. The molecule has 0 unspecified atom stereocenters. The number of carbonyl (C=O) groups excluding carboxylic acids is 1. The van der Waals surface area contributed by atoms with E-state index in [2.05, 4.69) is 29.6 Å². The maximum atomic E-state index is 12.1. The Morgan fingerprint density at radius 1 is 1.06 bits per heavy atom. The molecule has 0 radical (unpaired) electrons. The number of nitrogens with one attached hydrogen (secondary N) is 1. The number of esters is 1. The van der Waals surface area contributed by atoms with E-state index in [1.54, 1.807) is 32.4 Å². The first-order valence-corrected chi connectivity index (χ1v) is 11.5. The summed E-state index contributed by atoms with van der Waals surface area (Å²) < 4.78 is 22.5. The van der Waals surface area contributed by atoms with E-state index in [1.165, 1.54) is 0 Å². The van der Waals surface area contributed by atoms with Crippen LogP contribution in [-0.4, -0.2) is 26.7 Å². The van der Waals surface area contributed by atoms with Crippen LogP contribution in [0, 0.1) is 0 Å². The van der Waals surface area contributed by atoms with Crippen molar-refractivity contribution < 1.29 is 23.4 Å². The number of furan rings is 1. The van der Waals surface area contributed by atoms with Crippen LogP contribution in [0.25, 0.3) is 22.1 Å². The summed E-state index contributed by atoms with van der Waals surface area (Å²) in [4.78, 5) is 12.1. The molecular weight excluding hydrogens is 444 g/mol. The Labute approximate surface area is 204 Å². The molecule has 3 aromatic carbocycles. The highest BCUT2D eigenvalue weighted by atomic mass is 16.5. The molecule has 1 aromatic heterocycles. The predicted molar refractivity (Wildman–Crippen MR) is 137 cm³/mol. The predicted octanol–water partition coefficient (Wildman–Crippen LogP) is 5.29. The van der Waals surface area contributed by atoms with Crippen molar-refractivity contribution in [2.75, 3.05) is 26.1 Å². The van der Waals surface area contributed by atoms with Crippen molar-refractivity contribution in [1.82, 2.24) is 0 Å². The van der Waals surface area contributed by atoms with E-state index in [-0.39, 0.29) is 19.0 Å². The first kappa shape index (κ1) is 24.2. The first-order valence-electron chi connectivity index (χ1n) is 11.5. The standard InChI is InChI=1S/C28H30N2O5/c1-4-33-27(31)13-20-8-9-23(32-3)14-26(20)34-16-22-17-35-28-24(22)11-21(12-25(28)30-2)19-7-5-6-18(10-19)15-29/h5-12,14,17,30H,4,13,15-16,29H2,1-3H3. The quantitative estimate of drug-likeness (QED) is 0.301. The maximum Gasteiger partial charge on any atom is 0.310 e. The van der Waals surface area contributed by atoms with E-state index in [0.717, 1.165) is 44.5 Å². The average molecular weight is 475 g/mol. The van der Waals surface area contributed by atoms with E-state index >= 15 is 0 Å². The lowest BCUT2D eigenvalue weighted by Gasteiger charge is -2.13. The number of hydrogen-bond acceptors (Lipinski definition) is 7. The Morgan fingerprint density at radius 3 is 2.66 bits per heavy atom. The second kappa shape index (κ2) is 11.0. The molecule has 4 aromatic rings. The summed E-state index contributed by atoms with van der Waals surface area (Å²) >= 11 is 0. The molecule has 1 heterocycles. The van der Waals surface area contributed by atoms with Gasteiger partial charge in [-0.15, -0.1) is 0 Å². The van der Waals surface area contributed by atoms with Crippen LogP contribution >= 0.6 is 0 Å². The topological polar surface area (TPSA) is 96.0 Å². The molecule has 0 bridgehead atoms. The molecule has 0 saturated carbocycles. The maximum absolute atomic E-state index is 12.1. The number of ether oxygens (including phenoxy) is 3. The molecule has 7 nitrogen and oxygen atoms in total. The van der Waals surface area contributed by atoms with Gasteiger partial charge in [-0.1, -0.05) is 24.3 Å². The number of methoxy groups -OCH3 is 1. The smallest absolute Gasteiger partial charge is 0.310 e. The lowest BCUT2D eigenvalue weighted by Crippen LogP contribution is -2.09. The largest absolute Gasteiger partial charge is 0.497 e. The minimum atomic E-state index is -0.306. The molecule has 0 fully saturated rings. The Morgan fingerprint density at radius 2 is 1.91 bits per heavy atom. The minimum absolute atomic E-state index is 0.116. The highest BCUT2D eigenvalue weighted by Crippen LogP contribution is 2.35. The lowest BCUT2D eigenvalue weighted by molar-refractivity contribution is -0.142. The van der Waals surface area contributed by atoms with Crippen molar-refractivity contribution in [2.24, 2.45) is 5.73 Å². The summed E-state index contributed by atoms with van der Waals surface area (Å²) in [6.07, 6.45) is 1.82. The normalized spacial score (nSPS) is 10.9. The number of nitrogens with two attached hydrogens (primary N) is 1. The highest BCUT2D eigenvalue weighted by molar-refractivity contribution is 5.96. The fourth-order valence-corrected chi connectivity index (χ4v) is 4.00. The fraction of sp³-hybridized carbons (Fsp3) is 0.250. The number of hydrogen-bond donors (Lipinski definition) is 2. The van der Waals surface area contributed by atoms with Gasteiger partial charge in [0.05, 0.1) is 32.1 Å². The summed E-state index contributed by atoms with van der Waals surface area (Å²) in [7, 11) is 3.46. The monoisotopic (exact) mass is 474 g/mol. The first-order chi connectivity index (χ1) is 17.1. The number of anilines is 1. The van der Waals surface area contributed by atoms with E-state index in [1.807, 2.05) is 25.2 Å². The van der Waals surface area contributed by atoms with Crippen molar-refractivity contribution in [1.29, 1.82) is 0 Å². The number of fused-ring (bicyclic) bond motifs is 1. The Hall–Kier alpha value is -3.97. The summed E-state index contributed by atoms with van der Waals surface area (Å²) in [6, 6.07) is 17.7. The van der Waals surface area contributed by atoms with E-state index in [0.29, 0.717) is 24.7 Å². The van der Waals surface area contributed by atoms with Crippen molar-refractivity contribution in [3.05, 3.63) is 77.6 Å². The molecular formula is C28H30N2O5. The van der Waals surface area contributed by atoms with Crippen LogP contribution in [0.15, 0.2) is 65.3 Å². The molecule has 4 rings (SSSR count). The number of benzene rings is 3. The van der Waals surface area contributed by atoms with Crippen LogP contribution in [0.3, 0.4) is 0 Å². The zero-order chi connectivity index (χ0) is 24.8. The van der Waals surface area contributed by atoms with E-state index < -0.39 is 0 Å². The summed E-state index contributed by atoms with van der Waals surface area (Å²) in [6.45, 7) is 2.85. The Kier molecular flexibility index (Phi) is 7.57. The number of carbonyl (C=O) groups is 1. The summed E-state index contributed by atoms with van der Waals surface area (Å²) in [5.41, 5.74) is 12.3. The second-order valence-corrected chi connectivity index (χ2v) is 8.06.